The summed E-state index contributed by atoms with van der Waals surface area (Å²) in [7, 11) is 0. The number of hydrogen-bond acceptors (Lipinski definition) is 4. The molecule has 0 spiro atoms. The van der Waals surface area contributed by atoms with Gasteiger partial charge >= 0.3 is 0 Å². The number of aryl methyl sites for hydroxylation is 1. The molecule has 108 valence electrons. The molecular weight excluding hydrogens is 262 g/mol. The lowest BCUT2D eigenvalue weighted by molar-refractivity contribution is 0.318. The molecule has 0 fully saturated rings. The van der Waals surface area contributed by atoms with Gasteiger partial charge in [-0.2, -0.15) is 5.26 Å². The van der Waals surface area contributed by atoms with Gasteiger partial charge in [0.25, 0.3) is 0 Å². The zero-order valence-corrected chi connectivity index (χ0v) is 12.3. The quantitative estimate of drug-likeness (QED) is 0.813. The number of anilines is 3. The van der Waals surface area contributed by atoms with Crippen molar-refractivity contribution >= 4 is 17.1 Å². The number of nitrogens with two attached hydrogens (primary N) is 1. The summed E-state index contributed by atoms with van der Waals surface area (Å²) >= 11 is 0. The van der Waals surface area contributed by atoms with Gasteiger partial charge in [0.1, 0.15) is 5.75 Å². The van der Waals surface area contributed by atoms with E-state index in [1.54, 1.807) is 12.1 Å². The first-order valence-corrected chi connectivity index (χ1v) is 6.93. The van der Waals surface area contributed by atoms with E-state index >= 15 is 0 Å². The highest BCUT2D eigenvalue weighted by Gasteiger charge is 2.04. The van der Waals surface area contributed by atoms with Gasteiger partial charge in [0, 0.05) is 29.2 Å². The summed E-state index contributed by atoms with van der Waals surface area (Å²) in [4.78, 5) is 0. The maximum atomic E-state index is 8.99. The Hall–Kier alpha value is -2.67. The zero-order chi connectivity index (χ0) is 15.2. The van der Waals surface area contributed by atoms with Gasteiger partial charge in [0.15, 0.2) is 0 Å². The summed E-state index contributed by atoms with van der Waals surface area (Å²) in [6.07, 6.45) is 0.945. The van der Waals surface area contributed by atoms with Crippen molar-refractivity contribution in [1.29, 1.82) is 5.26 Å². The van der Waals surface area contributed by atoms with E-state index in [4.69, 9.17) is 15.7 Å². The minimum Gasteiger partial charge on any atom is -0.493 e. The number of nitrogen functional groups attached to an aromatic ring is 1. The fourth-order valence-corrected chi connectivity index (χ4v) is 1.98. The Morgan fingerprint density at radius 3 is 2.76 bits per heavy atom. The second kappa shape index (κ2) is 6.67. The molecule has 0 saturated carbocycles. The van der Waals surface area contributed by atoms with Crippen molar-refractivity contribution in [2.75, 3.05) is 17.7 Å². The molecule has 0 aliphatic rings. The first-order chi connectivity index (χ1) is 10.1. The Morgan fingerprint density at radius 1 is 1.24 bits per heavy atom. The fourth-order valence-electron chi connectivity index (χ4n) is 1.98. The predicted molar refractivity (Wildman–Crippen MR) is 85.8 cm³/mol. The minimum atomic E-state index is 0.620. The molecule has 0 aliphatic heterocycles. The molecule has 4 heteroatoms. The average molecular weight is 281 g/mol. The van der Waals surface area contributed by atoms with E-state index in [1.807, 2.05) is 31.2 Å². The Balaban J connectivity index is 2.27. The van der Waals surface area contributed by atoms with E-state index in [0.717, 1.165) is 29.1 Å². The van der Waals surface area contributed by atoms with Crippen LogP contribution in [-0.4, -0.2) is 6.61 Å². The number of benzene rings is 2. The number of rotatable bonds is 5. The van der Waals surface area contributed by atoms with Crippen LogP contribution in [0.5, 0.6) is 5.75 Å². The summed E-state index contributed by atoms with van der Waals surface area (Å²) in [5.74, 6) is 0.744. The van der Waals surface area contributed by atoms with Crippen molar-refractivity contribution in [2.45, 2.75) is 20.3 Å². The van der Waals surface area contributed by atoms with Crippen molar-refractivity contribution in [2.24, 2.45) is 0 Å². The summed E-state index contributed by atoms with van der Waals surface area (Å²) in [6, 6.07) is 13.2. The van der Waals surface area contributed by atoms with E-state index in [1.165, 1.54) is 0 Å². The van der Waals surface area contributed by atoms with Crippen molar-refractivity contribution < 1.29 is 4.74 Å². The first-order valence-electron chi connectivity index (χ1n) is 6.93. The van der Waals surface area contributed by atoms with Crippen LogP contribution < -0.4 is 15.8 Å². The second-order valence-corrected chi connectivity index (χ2v) is 4.91. The van der Waals surface area contributed by atoms with Crippen molar-refractivity contribution in [3.63, 3.8) is 0 Å². The van der Waals surface area contributed by atoms with Crippen molar-refractivity contribution in [3.8, 4) is 11.8 Å². The van der Waals surface area contributed by atoms with E-state index in [0.29, 0.717) is 17.9 Å². The highest BCUT2D eigenvalue weighted by Crippen LogP contribution is 2.27. The van der Waals surface area contributed by atoms with Gasteiger partial charge in [-0.15, -0.1) is 0 Å². The van der Waals surface area contributed by atoms with Crippen LogP contribution in [0.1, 0.15) is 24.5 Å². The van der Waals surface area contributed by atoms with Crippen LogP contribution in [-0.2, 0) is 0 Å². The molecule has 0 atom stereocenters. The number of nitrogens with zero attached hydrogens (tertiary/aromatic N) is 1. The molecule has 2 aromatic carbocycles. The third-order valence-corrected chi connectivity index (χ3v) is 3.05. The van der Waals surface area contributed by atoms with Crippen LogP contribution in [0.4, 0.5) is 17.1 Å². The highest BCUT2D eigenvalue weighted by molar-refractivity contribution is 5.69. The number of nitriles is 1. The second-order valence-electron chi connectivity index (χ2n) is 4.91. The fraction of sp³-hybridized carbons (Fsp3) is 0.235. The lowest BCUT2D eigenvalue weighted by Crippen LogP contribution is -1.99. The molecule has 0 heterocycles. The maximum Gasteiger partial charge on any atom is 0.123 e. The van der Waals surface area contributed by atoms with Crippen LogP contribution >= 0.6 is 0 Å². The molecule has 2 rings (SSSR count). The third kappa shape index (κ3) is 3.90. The smallest absolute Gasteiger partial charge is 0.123 e. The monoisotopic (exact) mass is 281 g/mol. The Kier molecular flexibility index (Phi) is 4.68. The molecule has 0 saturated heterocycles. The summed E-state index contributed by atoms with van der Waals surface area (Å²) < 4.78 is 5.62. The summed E-state index contributed by atoms with van der Waals surface area (Å²) in [5.41, 5.74) is 9.96. The zero-order valence-electron chi connectivity index (χ0n) is 12.3. The molecule has 21 heavy (non-hydrogen) atoms. The first kappa shape index (κ1) is 14.7. The van der Waals surface area contributed by atoms with Gasteiger partial charge in [-0.25, -0.2) is 0 Å². The molecule has 3 N–H and O–H groups in total. The van der Waals surface area contributed by atoms with Gasteiger partial charge in [-0.05, 0) is 37.1 Å². The molecule has 0 radical (unpaired) electrons. The number of nitrogens with one attached hydrogen (secondary N) is 1. The minimum absolute atomic E-state index is 0.620. The molecule has 0 bridgehead atoms. The standard InChI is InChI=1S/C17H19N3O/c1-3-6-21-16-9-14(19)8-15(10-16)20-17-7-13(11-18)5-4-12(17)2/h4-5,7-10,20H,3,6,19H2,1-2H3. The number of ether oxygens (including phenoxy) is 1. The summed E-state index contributed by atoms with van der Waals surface area (Å²) in [6.45, 7) is 4.71. The van der Waals surface area contributed by atoms with Crippen LogP contribution in [0.3, 0.4) is 0 Å². The Labute approximate surface area is 125 Å². The highest BCUT2D eigenvalue weighted by atomic mass is 16.5. The van der Waals surface area contributed by atoms with E-state index in [9.17, 15) is 0 Å². The molecule has 0 amide bonds. The van der Waals surface area contributed by atoms with E-state index in [2.05, 4.69) is 18.3 Å². The largest absolute Gasteiger partial charge is 0.493 e. The molecule has 0 aromatic heterocycles. The predicted octanol–water partition coefficient (Wildman–Crippen LogP) is 3.98. The van der Waals surface area contributed by atoms with Gasteiger partial charge in [-0.1, -0.05) is 13.0 Å². The molecule has 0 unspecified atom stereocenters. The maximum absolute atomic E-state index is 8.99. The van der Waals surface area contributed by atoms with Gasteiger partial charge in [-0.3, -0.25) is 0 Å². The van der Waals surface area contributed by atoms with E-state index < -0.39 is 0 Å². The SMILES string of the molecule is CCCOc1cc(N)cc(Nc2cc(C#N)ccc2C)c1. The molecule has 2 aromatic rings. The Morgan fingerprint density at radius 2 is 2.05 bits per heavy atom. The number of hydrogen-bond donors (Lipinski definition) is 2. The van der Waals surface area contributed by atoms with Crippen molar-refractivity contribution in [3.05, 3.63) is 47.5 Å². The summed E-state index contributed by atoms with van der Waals surface area (Å²) in [5, 5.41) is 12.3. The molecule has 4 nitrogen and oxygen atoms in total. The lowest BCUT2D eigenvalue weighted by atomic mass is 10.1. The van der Waals surface area contributed by atoms with Gasteiger partial charge < -0.3 is 15.8 Å². The Bertz CT molecular complexity index is 674. The topological polar surface area (TPSA) is 71.1 Å². The van der Waals surface area contributed by atoms with Gasteiger partial charge in [0.05, 0.1) is 18.2 Å². The van der Waals surface area contributed by atoms with Gasteiger partial charge in [0.2, 0.25) is 0 Å². The van der Waals surface area contributed by atoms with Crippen LogP contribution in [0.2, 0.25) is 0 Å². The average Bonchev–Trinajstić information content (AvgIpc) is 2.47. The lowest BCUT2D eigenvalue weighted by Gasteiger charge is -2.13. The molecule has 0 aliphatic carbocycles. The van der Waals surface area contributed by atoms with Crippen LogP contribution in [0, 0.1) is 18.3 Å². The molecular formula is C17H19N3O. The van der Waals surface area contributed by atoms with Crippen molar-refractivity contribution in [1.82, 2.24) is 0 Å². The third-order valence-electron chi connectivity index (χ3n) is 3.05. The normalized spacial score (nSPS) is 9.95. The van der Waals surface area contributed by atoms with Crippen LogP contribution in [0.25, 0.3) is 0 Å². The van der Waals surface area contributed by atoms with E-state index in [-0.39, 0.29) is 0 Å². The van der Waals surface area contributed by atoms with Crippen LogP contribution in [0.15, 0.2) is 36.4 Å².